The Morgan fingerprint density at radius 2 is 1.32 bits per heavy atom. The molecule has 0 radical (unpaired) electrons. The lowest BCUT2D eigenvalue weighted by atomic mass is 10.2. The lowest BCUT2D eigenvalue weighted by Gasteiger charge is -2.17. The Morgan fingerprint density at radius 1 is 0.800 bits per heavy atom. The number of rotatable bonds is 5. The molecule has 0 aromatic heterocycles. The second-order valence-electron chi connectivity index (χ2n) is 5.15. The van der Waals surface area contributed by atoms with Crippen molar-refractivity contribution in [1.29, 1.82) is 0 Å². The van der Waals surface area contributed by atoms with E-state index >= 15 is 0 Å². The lowest BCUT2D eigenvalue weighted by molar-refractivity contribution is -0.343. The first kappa shape index (κ1) is 16.4. The van der Waals surface area contributed by atoms with Crippen molar-refractivity contribution in [2.75, 3.05) is 7.11 Å². The molecule has 0 fully saturated rings. The highest BCUT2D eigenvalue weighted by molar-refractivity contribution is 5.91. The molecule has 0 bridgehead atoms. The summed E-state index contributed by atoms with van der Waals surface area (Å²) in [6.07, 6.45) is 6.87. The summed E-state index contributed by atoms with van der Waals surface area (Å²) in [5, 5.41) is 11.9. The van der Waals surface area contributed by atoms with Crippen LogP contribution in [-0.4, -0.2) is 13.1 Å². The van der Waals surface area contributed by atoms with E-state index in [1.165, 1.54) is 0 Å². The predicted molar refractivity (Wildman–Crippen MR) is 90.3 cm³/mol. The molecule has 25 heavy (non-hydrogen) atoms. The average Bonchev–Trinajstić information content (AvgIpc) is 3.18. The normalized spacial score (nSPS) is 12.1. The monoisotopic (exact) mass is 335 g/mol. The van der Waals surface area contributed by atoms with Gasteiger partial charge in [0.15, 0.2) is 0 Å². The van der Waals surface area contributed by atoms with Gasteiger partial charge in [-0.1, -0.05) is 24.3 Å². The number of benzene rings is 2. The Labute approximate surface area is 145 Å². The largest absolute Gasteiger partial charge is 0.579 e. The molecule has 0 aliphatic heterocycles. The molecule has 3 rings (SSSR count). The van der Waals surface area contributed by atoms with Crippen molar-refractivity contribution in [2.24, 2.45) is 0 Å². The molecule has 0 unspecified atom stereocenters. The van der Waals surface area contributed by atoms with Gasteiger partial charge in [0.1, 0.15) is 11.5 Å². The molecule has 0 saturated heterocycles. The highest BCUT2D eigenvalue weighted by Gasteiger charge is 2.08. The Kier molecular flexibility index (Phi) is 4.85. The van der Waals surface area contributed by atoms with Crippen LogP contribution in [-0.2, 0) is 0 Å². The molecule has 0 N–H and O–H groups in total. The van der Waals surface area contributed by atoms with E-state index in [9.17, 15) is 9.90 Å². The molecule has 0 spiro atoms. The quantitative estimate of drug-likeness (QED) is 0.477. The summed E-state index contributed by atoms with van der Waals surface area (Å²) >= 11 is 0. The molecule has 0 saturated carbocycles. The van der Waals surface area contributed by atoms with Gasteiger partial charge in [-0.25, -0.2) is 4.79 Å². The van der Waals surface area contributed by atoms with Crippen LogP contribution < -0.4 is 19.3 Å². The van der Waals surface area contributed by atoms with Crippen LogP contribution in [0.5, 0.6) is 17.2 Å². The van der Waals surface area contributed by atoms with Gasteiger partial charge in [-0.05, 0) is 54.1 Å². The third kappa shape index (κ3) is 4.09. The number of allylic oxidation sites excluding steroid dienone is 5. The number of hydrogen-bond donors (Lipinski definition) is 0. The highest BCUT2D eigenvalue weighted by Crippen LogP contribution is 2.21. The van der Waals surface area contributed by atoms with E-state index in [1.807, 2.05) is 0 Å². The van der Waals surface area contributed by atoms with E-state index in [0.717, 1.165) is 0 Å². The van der Waals surface area contributed by atoms with Crippen molar-refractivity contribution >= 4 is 5.97 Å². The van der Waals surface area contributed by atoms with Gasteiger partial charge in [-0.2, -0.15) is 0 Å². The first-order valence-electron chi connectivity index (χ1n) is 7.56. The second kappa shape index (κ2) is 7.40. The van der Waals surface area contributed by atoms with Crippen LogP contribution in [0.15, 0.2) is 84.4 Å². The van der Waals surface area contributed by atoms with Gasteiger partial charge in [-0.15, -0.1) is 0 Å². The maximum atomic E-state index is 12.1. The maximum Gasteiger partial charge on any atom is 0.343 e. The Hall–Kier alpha value is -3.47. The molecule has 2 aromatic rings. The van der Waals surface area contributed by atoms with E-state index in [1.54, 1.807) is 79.9 Å². The standard InChI is InChI=1S/C20H16O5/c1-23-16-8-6-15(7-9-16)20(22)25-18-12-10-17(11-13-18)24-19(21)14-4-2-3-5-14/h2-13,21H,1H3/p-1. The van der Waals surface area contributed by atoms with Crippen molar-refractivity contribution in [3.8, 4) is 17.2 Å². The molecule has 0 atom stereocenters. The second-order valence-corrected chi connectivity index (χ2v) is 5.15. The first-order valence-corrected chi connectivity index (χ1v) is 7.56. The van der Waals surface area contributed by atoms with Gasteiger partial charge in [0, 0.05) is 5.75 Å². The maximum absolute atomic E-state index is 12.1. The number of carbonyl (C=O) groups excluding carboxylic acids is 1. The summed E-state index contributed by atoms with van der Waals surface area (Å²) in [5.41, 5.74) is 0.891. The molecule has 0 amide bonds. The first-order chi connectivity index (χ1) is 12.2. The van der Waals surface area contributed by atoms with E-state index in [2.05, 4.69) is 0 Å². The van der Waals surface area contributed by atoms with Crippen LogP contribution in [0.2, 0.25) is 0 Å². The lowest BCUT2D eigenvalue weighted by Crippen LogP contribution is -2.13. The van der Waals surface area contributed by atoms with Crippen molar-refractivity contribution in [1.82, 2.24) is 0 Å². The van der Waals surface area contributed by atoms with Gasteiger partial charge in [-0.3, -0.25) is 0 Å². The zero-order valence-electron chi connectivity index (χ0n) is 13.5. The summed E-state index contributed by atoms with van der Waals surface area (Å²) in [4.78, 5) is 12.1. The molecule has 0 heterocycles. The fraction of sp³-hybridized carbons (Fsp3) is 0.0500. The van der Waals surface area contributed by atoms with Gasteiger partial charge in [0.2, 0.25) is 0 Å². The molecular formula is C20H15O5-. The van der Waals surface area contributed by atoms with Crippen LogP contribution in [0.3, 0.4) is 0 Å². The Balaban J connectivity index is 1.64. The highest BCUT2D eigenvalue weighted by atomic mass is 16.6. The Bertz CT molecular complexity index is 829. The van der Waals surface area contributed by atoms with Crippen LogP contribution >= 0.6 is 0 Å². The zero-order valence-corrected chi connectivity index (χ0v) is 13.5. The molecule has 1 aliphatic carbocycles. The smallest absolute Gasteiger partial charge is 0.343 e. The van der Waals surface area contributed by atoms with Crippen LogP contribution in [0, 0.1) is 0 Å². The number of hydrogen-bond acceptors (Lipinski definition) is 5. The number of carbonyl (C=O) groups is 1. The molecular weight excluding hydrogens is 320 g/mol. The molecule has 1 aliphatic rings. The van der Waals surface area contributed by atoms with Gasteiger partial charge >= 0.3 is 5.97 Å². The topological polar surface area (TPSA) is 67.8 Å². The third-order valence-electron chi connectivity index (χ3n) is 3.47. The summed E-state index contributed by atoms with van der Waals surface area (Å²) < 4.78 is 15.6. The average molecular weight is 335 g/mol. The fourth-order valence-corrected chi connectivity index (χ4v) is 2.14. The molecule has 2 aromatic carbocycles. The number of methoxy groups -OCH3 is 1. The number of esters is 1. The summed E-state index contributed by atoms with van der Waals surface area (Å²) in [6, 6.07) is 12.9. The minimum absolute atomic E-state index is 0.355. The molecule has 5 nitrogen and oxygen atoms in total. The van der Waals surface area contributed by atoms with Gasteiger partial charge in [0.05, 0.1) is 18.6 Å². The summed E-state index contributed by atoms with van der Waals surface area (Å²) in [5.74, 6) is 0.467. The van der Waals surface area contributed by atoms with Crippen molar-refractivity contribution in [3.05, 3.63) is 89.9 Å². The fourth-order valence-electron chi connectivity index (χ4n) is 2.14. The minimum Gasteiger partial charge on any atom is -0.579 e. The SMILES string of the molecule is COc1ccc(C(=O)Oc2ccc(OC([O-])=C3C=CC=C3)cc2)cc1. The predicted octanol–water partition coefficient (Wildman–Crippen LogP) is 2.99. The number of ether oxygens (including phenoxy) is 3. The van der Waals surface area contributed by atoms with Crippen LogP contribution in [0.25, 0.3) is 0 Å². The minimum atomic E-state index is -0.482. The molecule has 5 heteroatoms. The van der Waals surface area contributed by atoms with E-state index < -0.39 is 11.9 Å². The van der Waals surface area contributed by atoms with Crippen LogP contribution in [0.4, 0.5) is 0 Å². The van der Waals surface area contributed by atoms with E-state index in [0.29, 0.717) is 28.4 Å². The van der Waals surface area contributed by atoms with Gasteiger partial charge in [0.25, 0.3) is 0 Å². The molecule has 126 valence electrons. The van der Waals surface area contributed by atoms with Gasteiger partial charge < -0.3 is 19.3 Å². The third-order valence-corrected chi connectivity index (χ3v) is 3.47. The van der Waals surface area contributed by atoms with E-state index in [-0.39, 0.29) is 0 Å². The summed E-state index contributed by atoms with van der Waals surface area (Å²) in [6.45, 7) is 0. The van der Waals surface area contributed by atoms with Crippen molar-refractivity contribution < 1.29 is 24.1 Å². The Morgan fingerprint density at radius 3 is 1.88 bits per heavy atom. The summed E-state index contributed by atoms with van der Waals surface area (Å²) in [7, 11) is 1.56. The van der Waals surface area contributed by atoms with Crippen molar-refractivity contribution in [2.45, 2.75) is 0 Å². The van der Waals surface area contributed by atoms with Crippen LogP contribution in [0.1, 0.15) is 10.4 Å². The van der Waals surface area contributed by atoms with E-state index in [4.69, 9.17) is 14.2 Å². The van der Waals surface area contributed by atoms with Crippen molar-refractivity contribution in [3.63, 3.8) is 0 Å². The zero-order chi connectivity index (χ0) is 17.6.